The minimum Gasteiger partial charge on any atom is -0.482 e. The normalized spacial score (nSPS) is 13.3. The predicted octanol–water partition coefficient (Wildman–Crippen LogP) is 3.74. The Hall–Kier alpha value is -2.94. The molecule has 10 heteroatoms. The molecule has 1 aliphatic heterocycles. The standard InChI is InChI=1S/C17H13ClF3N3O3/c18-10-5-13-14(27-8-16(26)24-13)6-12(10)22-7-15(25)23-11-4-2-1-3-9(11)17(19,20)21/h1-6,22H,7-8H2,(H,23,25)(H,24,26). The third kappa shape index (κ3) is 4.43. The molecule has 6 nitrogen and oxygen atoms in total. The number of halogens is 4. The molecule has 3 rings (SSSR count). The van der Waals surface area contributed by atoms with Gasteiger partial charge in [-0.2, -0.15) is 13.2 Å². The number of ether oxygens (including phenoxy) is 1. The maximum atomic E-state index is 13.0. The number of carbonyl (C=O) groups excluding carboxylic acids is 2. The van der Waals surface area contributed by atoms with E-state index in [0.717, 1.165) is 6.07 Å². The van der Waals surface area contributed by atoms with Gasteiger partial charge in [-0.25, -0.2) is 0 Å². The van der Waals surface area contributed by atoms with Crippen molar-refractivity contribution < 1.29 is 27.5 Å². The molecule has 27 heavy (non-hydrogen) atoms. The molecular weight excluding hydrogens is 387 g/mol. The van der Waals surface area contributed by atoms with E-state index in [1.54, 1.807) is 0 Å². The highest BCUT2D eigenvalue weighted by molar-refractivity contribution is 6.33. The van der Waals surface area contributed by atoms with Gasteiger partial charge in [0.2, 0.25) is 5.91 Å². The SMILES string of the molecule is O=C1COc2cc(NCC(=O)Nc3ccccc3C(F)(F)F)c(Cl)cc2N1. The summed E-state index contributed by atoms with van der Waals surface area (Å²) >= 11 is 6.09. The zero-order chi connectivity index (χ0) is 19.6. The molecule has 142 valence electrons. The molecule has 1 heterocycles. The molecule has 1 aliphatic rings. The van der Waals surface area contributed by atoms with E-state index in [2.05, 4.69) is 16.0 Å². The zero-order valence-corrected chi connectivity index (χ0v) is 14.4. The summed E-state index contributed by atoms with van der Waals surface area (Å²) in [6, 6.07) is 7.63. The average molecular weight is 400 g/mol. The lowest BCUT2D eigenvalue weighted by molar-refractivity contribution is -0.137. The molecule has 0 spiro atoms. The van der Waals surface area contributed by atoms with Gasteiger partial charge in [0.15, 0.2) is 6.61 Å². The van der Waals surface area contributed by atoms with Gasteiger partial charge in [0.25, 0.3) is 5.91 Å². The van der Waals surface area contributed by atoms with Crippen LogP contribution in [0, 0.1) is 0 Å². The molecule has 0 aliphatic carbocycles. The summed E-state index contributed by atoms with van der Waals surface area (Å²) in [6.45, 7) is -0.472. The fraction of sp³-hybridized carbons (Fsp3) is 0.176. The number of amides is 2. The van der Waals surface area contributed by atoms with E-state index >= 15 is 0 Å². The van der Waals surface area contributed by atoms with Crippen molar-refractivity contribution in [2.24, 2.45) is 0 Å². The van der Waals surface area contributed by atoms with Crippen LogP contribution < -0.4 is 20.7 Å². The van der Waals surface area contributed by atoms with Gasteiger partial charge >= 0.3 is 6.18 Å². The van der Waals surface area contributed by atoms with Crippen LogP contribution in [0.5, 0.6) is 5.75 Å². The lowest BCUT2D eigenvalue weighted by Crippen LogP contribution is -2.26. The summed E-state index contributed by atoms with van der Waals surface area (Å²) in [7, 11) is 0. The number of nitrogens with one attached hydrogen (secondary N) is 3. The van der Waals surface area contributed by atoms with Crippen molar-refractivity contribution in [2.45, 2.75) is 6.18 Å². The van der Waals surface area contributed by atoms with Crippen molar-refractivity contribution in [3.05, 3.63) is 47.0 Å². The maximum absolute atomic E-state index is 13.0. The third-order valence-corrected chi connectivity index (χ3v) is 3.96. The number of para-hydroxylation sites is 1. The monoisotopic (exact) mass is 399 g/mol. The first-order valence-electron chi connectivity index (χ1n) is 7.70. The number of anilines is 3. The molecule has 0 unspecified atom stereocenters. The molecule has 2 amide bonds. The molecule has 0 atom stereocenters. The van der Waals surface area contributed by atoms with Crippen molar-refractivity contribution in [3.8, 4) is 5.75 Å². The molecule has 2 aromatic rings. The first kappa shape index (κ1) is 18.8. The van der Waals surface area contributed by atoms with E-state index in [-0.39, 0.29) is 29.8 Å². The predicted molar refractivity (Wildman–Crippen MR) is 94.1 cm³/mol. The lowest BCUT2D eigenvalue weighted by atomic mass is 10.1. The minimum absolute atomic E-state index is 0.150. The highest BCUT2D eigenvalue weighted by Gasteiger charge is 2.33. The van der Waals surface area contributed by atoms with E-state index in [4.69, 9.17) is 16.3 Å². The van der Waals surface area contributed by atoms with Crippen molar-refractivity contribution in [1.82, 2.24) is 0 Å². The summed E-state index contributed by atoms with van der Waals surface area (Å²) in [6.07, 6.45) is -4.58. The number of hydrogen-bond donors (Lipinski definition) is 3. The van der Waals surface area contributed by atoms with Crippen LogP contribution in [0.2, 0.25) is 5.02 Å². The maximum Gasteiger partial charge on any atom is 0.418 e. The Morgan fingerprint density at radius 2 is 1.96 bits per heavy atom. The number of fused-ring (bicyclic) bond motifs is 1. The second-order valence-corrected chi connectivity index (χ2v) is 6.02. The van der Waals surface area contributed by atoms with E-state index in [1.165, 1.54) is 30.3 Å². The Balaban J connectivity index is 1.68. The van der Waals surface area contributed by atoms with Crippen molar-refractivity contribution in [3.63, 3.8) is 0 Å². The quantitative estimate of drug-likeness (QED) is 0.731. The topological polar surface area (TPSA) is 79.5 Å². The Bertz CT molecular complexity index is 903. The average Bonchev–Trinajstić information content (AvgIpc) is 2.59. The molecular formula is C17H13ClF3N3O3. The summed E-state index contributed by atoms with van der Waals surface area (Å²) in [4.78, 5) is 23.3. The molecule has 0 aromatic heterocycles. The molecule has 0 saturated heterocycles. The largest absolute Gasteiger partial charge is 0.482 e. The number of alkyl halides is 3. The van der Waals surface area contributed by atoms with Crippen molar-refractivity contribution in [1.29, 1.82) is 0 Å². The van der Waals surface area contributed by atoms with E-state index in [1.807, 2.05) is 0 Å². The van der Waals surface area contributed by atoms with Crippen LogP contribution in [-0.4, -0.2) is 25.0 Å². The Morgan fingerprint density at radius 3 is 2.70 bits per heavy atom. The number of rotatable bonds is 4. The van der Waals surface area contributed by atoms with Crippen LogP contribution in [0.1, 0.15) is 5.56 Å². The van der Waals surface area contributed by atoms with Gasteiger partial charge in [-0.05, 0) is 18.2 Å². The molecule has 0 saturated carbocycles. The van der Waals surface area contributed by atoms with Crippen LogP contribution in [0.3, 0.4) is 0 Å². The third-order valence-electron chi connectivity index (χ3n) is 3.65. The molecule has 0 fully saturated rings. The first-order valence-corrected chi connectivity index (χ1v) is 8.08. The Labute approximate surface area is 156 Å². The van der Waals surface area contributed by atoms with Crippen LogP contribution in [0.15, 0.2) is 36.4 Å². The Morgan fingerprint density at radius 1 is 1.22 bits per heavy atom. The van der Waals surface area contributed by atoms with Gasteiger partial charge in [0, 0.05) is 6.07 Å². The van der Waals surface area contributed by atoms with Gasteiger partial charge in [-0.1, -0.05) is 23.7 Å². The summed E-state index contributed by atoms with van der Waals surface area (Å²) < 4.78 is 44.1. The lowest BCUT2D eigenvalue weighted by Gasteiger charge is -2.20. The fourth-order valence-electron chi connectivity index (χ4n) is 2.44. The van der Waals surface area contributed by atoms with Crippen LogP contribution >= 0.6 is 11.6 Å². The van der Waals surface area contributed by atoms with Crippen molar-refractivity contribution >= 4 is 40.5 Å². The zero-order valence-electron chi connectivity index (χ0n) is 13.6. The summed E-state index contributed by atoms with van der Waals surface area (Å²) in [5.41, 5.74) is -0.537. The number of hydrogen-bond acceptors (Lipinski definition) is 4. The van der Waals surface area contributed by atoms with E-state index < -0.39 is 17.6 Å². The van der Waals surface area contributed by atoms with Crippen LogP contribution in [-0.2, 0) is 15.8 Å². The smallest absolute Gasteiger partial charge is 0.418 e. The minimum atomic E-state index is -4.58. The number of carbonyl (C=O) groups is 2. The molecule has 3 N–H and O–H groups in total. The first-order chi connectivity index (χ1) is 12.7. The van der Waals surface area contributed by atoms with Gasteiger partial charge in [0.05, 0.1) is 34.2 Å². The number of benzene rings is 2. The molecule has 0 bridgehead atoms. The van der Waals surface area contributed by atoms with E-state index in [9.17, 15) is 22.8 Å². The second kappa shape index (κ2) is 7.36. The van der Waals surface area contributed by atoms with Crippen LogP contribution in [0.4, 0.5) is 30.2 Å². The van der Waals surface area contributed by atoms with Crippen LogP contribution in [0.25, 0.3) is 0 Å². The Kier molecular flexibility index (Phi) is 5.13. The highest BCUT2D eigenvalue weighted by Crippen LogP contribution is 2.36. The highest BCUT2D eigenvalue weighted by atomic mass is 35.5. The summed E-state index contributed by atoms with van der Waals surface area (Å²) in [5.74, 6) is -0.638. The van der Waals surface area contributed by atoms with Crippen molar-refractivity contribution in [2.75, 3.05) is 29.1 Å². The van der Waals surface area contributed by atoms with E-state index in [0.29, 0.717) is 17.1 Å². The fourth-order valence-corrected chi connectivity index (χ4v) is 2.68. The molecule has 0 radical (unpaired) electrons. The van der Waals surface area contributed by atoms with Gasteiger partial charge < -0.3 is 20.7 Å². The van der Waals surface area contributed by atoms with Gasteiger partial charge in [0.1, 0.15) is 5.75 Å². The summed E-state index contributed by atoms with van der Waals surface area (Å²) in [5, 5.41) is 7.75. The second-order valence-electron chi connectivity index (χ2n) is 5.61. The van der Waals surface area contributed by atoms with Gasteiger partial charge in [-0.15, -0.1) is 0 Å². The molecule has 2 aromatic carbocycles. The van der Waals surface area contributed by atoms with Gasteiger partial charge in [-0.3, -0.25) is 9.59 Å².